The van der Waals surface area contributed by atoms with E-state index in [-0.39, 0.29) is 17.6 Å². The Morgan fingerprint density at radius 2 is 1.76 bits per heavy atom. The van der Waals surface area contributed by atoms with E-state index in [1.165, 1.54) is 0 Å². The first-order valence-corrected chi connectivity index (χ1v) is 11.8. The maximum atomic E-state index is 12.3. The molecule has 1 aliphatic rings. The van der Waals surface area contributed by atoms with Crippen LogP contribution in [0.3, 0.4) is 0 Å². The number of ether oxygens (including phenoxy) is 1. The van der Waals surface area contributed by atoms with Crippen LogP contribution in [-0.2, 0) is 14.0 Å². The van der Waals surface area contributed by atoms with E-state index in [0.717, 1.165) is 11.1 Å². The SMILES string of the molecule is CC(C)(C)C(=O)OC1=CC(CO)=CCC=C1CO[Si](C)(C)C(C)(C)C. The number of rotatable bonds is 5. The summed E-state index contributed by atoms with van der Waals surface area (Å²) in [5.41, 5.74) is 1.01. The molecule has 0 unspecified atom stereocenters. The van der Waals surface area contributed by atoms with Gasteiger partial charge < -0.3 is 14.3 Å². The molecule has 0 aromatic rings. The van der Waals surface area contributed by atoms with Crippen molar-refractivity contribution in [2.24, 2.45) is 5.41 Å². The highest BCUT2D eigenvalue weighted by Crippen LogP contribution is 2.37. The first-order valence-electron chi connectivity index (χ1n) is 8.85. The lowest BCUT2D eigenvalue weighted by Gasteiger charge is -2.36. The molecule has 0 radical (unpaired) electrons. The molecule has 0 bridgehead atoms. The van der Waals surface area contributed by atoms with Gasteiger partial charge in [0.1, 0.15) is 5.76 Å². The molecule has 5 heteroatoms. The fourth-order valence-corrected chi connectivity index (χ4v) is 2.79. The predicted molar refractivity (Wildman–Crippen MR) is 105 cm³/mol. The minimum atomic E-state index is -1.91. The third kappa shape index (κ3) is 6.24. The summed E-state index contributed by atoms with van der Waals surface area (Å²) < 4.78 is 12.0. The molecule has 0 spiro atoms. The van der Waals surface area contributed by atoms with Crippen molar-refractivity contribution in [3.8, 4) is 0 Å². The van der Waals surface area contributed by atoms with Gasteiger partial charge in [-0.2, -0.15) is 0 Å². The number of aliphatic hydroxyl groups excluding tert-OH is 1. The van der Waals surface area contributed by atoms with Crippen LogP contribution in [0.2, 0.25) is 18.1 Å². The topological polar surface area (TPSA) is 55.8 Å². The number of carbonyl (C=O) groups is 1. The minimum Gasteiger partial charge on any atom is -0.426 e. The molecule has 1 N–H and O–H groups in total. The summed E-state index contributed by atoms with van der Waals surface area (Å²) in [7, 11) is -1.91. The molecule has 25 heavy (non-hydrogen) atoms. The van der Waals surface area contributed by atoms with Gasteiger partial charge in [0.2, 0.25) is 0 Å². The lowest BCUT2D eigenvalue weighted by Crippen LogP contribution is -2.41. The quantitative estimate of drug-likeness (QED) is 0.564. The third-order valence-electron chi connectivity index (χ3n) is 4.77. The van der Waals surface area contributed by atoms with E-state index < -0.39 is 13.7 Å². The van der Waals surface area contributed by atoms with Crippen LogP contribution in [-0.4, -0.2) is 32.6 Å². The average Bonchev–Trinajstić information content (AvgIpc) is 2.65. The van der Waals surface area contributed by atoms with Crippen LogP contribution in [0, 0.1) is 5.41 Å². The maximum absolute atomic E-state index is 12.3. The van der Waals surface area contributed by atoms with Gasteiger partial charge in [-0.05, 0) is 57.0 Å². The Hall–Kier alpha value is -1.17. The highest BCUT2D eigenvalue weighted by Gasteiger charge is 2.37. The summed E-state index contributed by atoms with van der Waals surface area (Å²) >= 11 is 0. The summed E-state index contributed by atoms with van der Waals surface area (Å²) in [4.78, 5) is 12.3. The number of carbonyl (C=O) groups excluding carboxylic acids is 1. The normalized spacial score (nSPS) is 16.6. The van der Waals surface area contributed by atoms with Crippen LogP contribution in [0.15, 0.2) is 35.1 Å². The zero-order valence-corrected chi connectivity index (χ0v) is 18.0. The monoisotopic (exact) mass is 366 g/mol. The highest BCUT2D eigenvalue weighted by molar-refractivity contribution is 6.74. The van der Waals surface area contributed by atoms with Crippen LogP contribution >= 0.6 is 0 Å². The van der Waals surface area contributed by atoms with Crippen molar-refractivity contribution in [3.05, 3.63) is 35.1 Å². The molecule has 0 saturated heterocycles. The van der Waals surface area contributed by atoms with E-state index >= 15 is 0 Å². The van der Waals surface area contributed by atoms with Crippen molar-refractivity contribution in [2.75, 3.05) is 13.2 Å². The first-order chi connectivity index (χ1) is 11.3. The molecule has 0 aromatic heterocycles. The standard InChI is InChI=1S/C20H34O4Si/c1-19(2,3)18(22)24-17-12-15(13-21)10-9-11-16(17)14-23-25(7,8)20(4,5)6/h10-12,21H,9,13-14H2,1-8H3. The second-order valence-electron chi connectivity index (χ2n) is 9.10. The van der Waals surface area contributed by atoms with E-state index in [1.807, 2.05) is 32.9 Å². The van der Waals surface area contributed by atoms with Gasteiger partial charge in [0.25, 0.3) is 0 Å². The molecule has 0 heterocycles. The van der Waals surface area contributed by atoms with E-state index in [9.17, 15) is 9.90 Å². The highest BCUT2D eigenvalue weighted by atomic mass is 28.4. The van der Waals surface area contributed by atoms with Gasteiger partial charge in [-0.1, -0.05) is 32.9 Å². The first kappa shape index (κ1) is 21.9. The van der Waals surface area contributed by atoms with Crippen molar-refractivity contribution in [1.29, 1.82) is 0 Å². The number of aliphatic hydroxyl groups is 1. The van der Waals surface area contributed by atoms with Gasteiger partial charge >= 0.3 is 5.97 Å². The maximum Gasteiger partial charge on any atom is 0.316 e. The molecule has 0 fully saturated rings. The van der Waals surface area contributed by atoms with Crippen LogP contribution in [0.4, 0.5) is 0 Å². The second kappa shape index (κ2) is 8.02. The molecule has 0 aromatic carbocycles. The van der Waals surface area contributed by atoms with Gasteiger partial charge in [-0.25, -0.2) is 0 Å². The Labute approximate surface area is 153 Å². The summed E-state index contributed by atoms with van der Waals surface area (Å²) in [6.45, 7) is 16.8. The van der Waals surface area contributed by atoms with Crippen LogP contribution in [0.25, 0.3) is 0 Å². The van der Waals surface area contributed by atoms with E-state index in [1.54, 1.807) is 6.08 Å². The molecule has 1 rings (SSSR count). The molecule has 4 nitrogen and oxygen atoms in total. The number of hydrogen-bond donors (Lipinski definition) is 1. The molecular formula is C20H34O4Si. The average molecular weight is 367 g/mol. The molecular weight excluding hydrogens is 332 g/mol. The summed E-state index contributed by atoms with van der Waals surface area (Å²) in [6.07, 6.45) is 6.37. The Kier molecular flexibility index (Phi) is 7.01. The third-order valence-corrected chi connectivity index (χ3v) is 9.25. The Morgan fingerprint density at radius 3 is 2.24 bits per heavy atom. The molecule has 0 atom stereocenters. The Bertz CT molecular complexity index is 584. The Balaban J connectivity index is 3.03. The number of esters is 1. The van der Waals surface area contributed by atoms with Gasteiger partial charge in [0.15, 0.2) is 8.32 Å². The summed E-state index contributed by atoms with van der Waals surface area (Å²) in [5, 5.41) is 9.59. The van der Waals surface area contributed by atoms with Crippen molar-refractivity contribution in [2.45, 2.75) is 66.1 Å². The van der Waals surface area contributed by atoms with E-state index in [4.69, 9.17) is 9.16 Å². The fourth-order valence-electron chi connectivity index (χ4n) is 1.84. The van der Waals surface area contributed by atoms with Gasteiger partial charge in [-0.3, -0.25) is 4.79 Å². The smallest absolute Gasteiger partial charge is 0.316 e. The zero-order chi connectivity index (χ0) is 19.5. The van der Waals surface area contributed by atoms with E-state index in [2.05, 4.69) is 33.9 Å². The predicted octanol–water partition coefficient (Wildman–Crippen LogP) is 4.73. The van der Waals surface area contributed by atoms with Gasteiger partial charge in [0, 0.05) is 5.57 Å². The molecule has 142 valence electrons. The summed E-state index contributed by atoms with van der Waals surface area (Å²) in [6, 6.07) is 0. The lowest BCUT2D eigenvalue weighted by atomic mass is 9.97. The molecule has 0 saturated carbocycles. The van der Waals surface area contributed by atoms with Crippen LogP contribution < -0.4 is 0 Å². The van der Waals surface area contributed by atoms with Crippen LogP contribution in [0.5, 0.6) is 0 Å². The van der Waals surface area contributed by atoms with Crippen molar-refractivity contribution in [1.82, 2.24) is 0 Å². The van der Waals surface area contributed by atoms with Crippen LogP contribution in [0.1, 0.15) is 48.0 Å². The molecule has 0 amide bonds. The lowest BCUT2D eigenvalue weighted by molar-refractivity contribution is -0.148. The van der Waals surface area contributed by atoms with Gasteiger partial charge in [-0.15, -0.1) is 0 Å². The van der Waals surface area contributed by atoms with Crippen molar-refractivity contribution in [3.63, 3.8) is 0 Å². The molecule has 1 aliphatic carbocycles. The Morgan fingerprint density at radius 1 is 1.16 bits per heavy atom. The number of allylic oxidation sites excluding steroid dienone is 2. The number of hydrogen-bond acceptors (Lipinski definition) is 4. The second-order valence-corrected chi connectivity index (χ2v) is 13.9. The minimum absolute atomic E-state index is 0.0826. The summed E-state index contributed by atoms with van der Waals surface area (Å²) in [5.74, 6) is 0.188. The zero-order valence-electron chi connectivity index (χ0n) is 17.0. The molecule has 0 aliphatic heterocycles. The van der Waals surface area contributed by atoms with E-state index in [0.29, 0.717) is 18.8 Å². The fraction of sp³-hybridized carbons (Fsp3) is 0.650. The van der Waals surface area contributed by atoms with Gasteiger partial charge in [0.05, 0.1) is 18.6 Å². The van der Waals surface area contributed by atoms with Crippen molar-refractivity contribution >= 4 is 14.3 Å². The van der Waals surface area contributed by atoms with Crippen molar-refractivity contribution < 1.29 is 19.1 Å². The largest absolute Gasteiger partial charge is 0.426 e.